The molecule has 1 N–H and O–H groups in total. The Morgan fingerprint density at radius 1 is 1.59 bits per heavy atom. The summed E-state index contributed by atoms with van der Waals surface area (Å²) in [5.74, 6) is -1.67. The Kier molecular flexibility index (Phi) is 3.42. The van der Waals surface area contributed by atoms with E-state index < -0.39 is 27.9 Å². The maximum atomic E-state index is 11.2. The quantitative estimate of drug-likeness (QED) is 0.367. The van der Waals surface area contributed by atoms with Crippen molar-refractivity contribution in [3.63, 3.8) is 0 Å². The molecule has 1 rings (SSSR count). The Bertz CT molecular complexity index is 508. The molecule has 0 saturated heterocycles. The van der Waals surface area contributed by atoms with E-state index in [4.69, 9.17) is 0 Å². The van der Waals surface area contributed by atoms with Crippen LogP contribution >= 0.6 is 0 Å². The standard InChI is InChI=1S/C10H9NO6/c1-5(13)7-3-6(4-12)8(11(15)16)10(17-2)9(7)14/h3-4,14H,1-2H3. The molecule has 7 nitrogen and oxygen atoms in total. The highest BCUT2D eigenvalue weighted by Crippen LogP contribution is 2.41. The van der Waals surface area contributed by atoms with Gasteiger partial charge in [-0.3, -0.25) is 19.7 Å². The zero-order chi connectivity index (χ0) is 13.2. The lowest BCUT2D eigenvalue weighted by atomic mass is 10.0. The number of hydrogen-bond acceptors (Lipinski definition) is 6. The van der Waals surface area contributed by atoms with Crippen LogP contribution in [0.25, 0.3) is 0 Å². The van der Waals surface area contributed by atoms with Crippen LogP contribution in [0.15, 0.2) is 6.07 Å². The van der Waals surface area contributed by atoms with Crippen molar-refractivity contribution in [3.8, 4) is 11.5 Å². The van der Waals surface area contributed by atoms with Crippen molar-refractivity contribution in [3.05, 3.63) is 27.3 Å². The highest BCUT2D eigenvalue weighted by atomic mass is 16.6. The van der Waals surface area contributed by atoms with Crippen molar-refractivity contribution < 1.29 is 24.4 Å². The van der Waals surface area contributed by atoms with Crippen LogP contribution in [-0.4, -0.2) is 29.2 Å². The Balaban J connectivity index is 3.73. The number of aromatic hydroxyl groups is 1. The number of nitro benzene ring substituents is 1. The average Bonchev–Trinajstić information content (AvgIpc) is 2.27. The lowest BCUT2D eigenvalue weighted by molar-refractivity contribution is -0.386. The number of carbonyl (C=O) groups is 2. The van der Waals surface area contributed by atoms with E-state index in [0.717, 1.165) is 20.1 Å². The van der Waals surface area contributed by atoms with E-state index in [1.165, 1.54) is 0 Å². The first kappa shape index (κ1) is 12.6. The van der Waals surface area contributed by atoms with Gasteiger partial charge in [-0.25, -0.2) is 0 Å². The van der Waals surface area contributed by atoms with Gasteiger partial charge < -0.3 is 9.84 Å². The molecule has 0 fully saturated rings. The molecule has 1 aromatic carbocycles. The smallest absolute Gasteiger partial charge is 0.325 e. The Labute approximate surface area is 95.8 Å². The largest absolute Gasteiger partial charge is 0.504 e. The number of methoxy groups -OCH3 is 1. The Hall–Kier alpha value is -2.44. The van der Waals surface area contributed by atoms with E-state index in [-0.39, 0.29) is 17.4 Å². The SMILES string of the molecule is COc1c(O)c(C(C)=O)cc(C=O)c1[N+](=O)[O-]. The van der Waals surface area contributed by atoms with Gasteiger partial charge in [0.15, 0.2) is 17.8 Å². The number of rotatable bonds is 4. The van der Waals surface area contributed by atoms with Crippen LogP contribution in [0.3, 0.4) is 0 Å². The summed E-state index contributed by atoms with van der Waals surface area (Å²) >= 11 is 0. The van der Waals surface area contributed by atoms with Crippen LogP contribution in [0.2, 0.25) is 0 Å². The number of aldehydes is 1. The van der Waals surface area contributed by atoms with Crippen LogP contribution in [-0.2, 0) is 0 Å². The lowest BCUT2D eigenvalue weighted by Gasteiger charge is -2.09. The summed E-state index contributed by atoms with van der Waals surface area (Å²) < 4.78 is 4.67. The molecule has 0 radical (unpaired) electrons. The number of nitrogens with zero attached hydrogens (tertiary/aromatic N) is 1. The molecule has 7 heteroatoms. The van der Waals surface area contributed by atoms with Gasteiger partial charge in [0, 0.05) is 0 Å². The van der Waals surface area contributed by atoms with Gasteiger partial charge in [0.2, 0.25) is 5.75 Å². The van der Waals surface area contributed by atoms with Crippen molar-refractivity contribution in [2.45, 2.75) is 6.92 Å². The fraction of sp³-hybridized carbons (Fsp3) is 0.200. The van der Waals surface area contributed by atoms with Crippen LogP contribution in [0.5, 0.6) is 11.5 Å². The van der Waals surface area contributed by atoms with Crippen LogP contribution in [0.1, 0.15) is 27.6 Å². The molecular weight excluding hydrogens is 230 g/mol. The summed E-state index contributed by atoms with van der Waals surface area (Å²) in [4.78, 5) is 31.8. The summed E-state index contributed by atoms with van der Waals surface area (Å²) in [6.45, 7) is 1.16. The Morgan fingerprint density at radius 2 is 2.18 bits per heavy atom. The summed E-state index contributed by atoms with van der Waals surface area (Å²) in [7, 11) is 1.10. The predicted molar refractivity (Wildman–Crippen MR) is 56.7 cm³/mol. The fourth-order valence-electron chi connectivity index (χ4n) is 1.40. The second-order valence-corrected chi connectivity index (χ2v) is 3.17. The highest BCUT2D eigenvalue weighted by molar-refractivity contribution is 6.01. The van der Waals surface area contributed by atoms with Gasteiger partial charge >= 0.3 is 5.69 Å². The second-order valence-electron chi connectivity index (χ2n) is 3.17. The molecule has 0 aromatic heterocycles. The van der Waals surface area contributed by atoms with E-state index in [2.05, 4.69) is 4.74 Å². The second kappa shape index (κ2) is 4.60. The summed E-state index contributed by atoms with van der Waals surface area (Å²) in [6, 6.07) is 0.964. The van der Waals surface area contributed by atoms with Crippen LogP contribution < -0.4 is 4.74 Å². The monoisotopic (exact) mass is 239 g/mol. The number of Topliss-reactive ketones (excluding diaryl/α,β-unsaturated/α-hetero) is 1. The molecule has 17 heavy (non-hydrogen) atoms. The van der Waals surface area contributed by atoms with E-state index in [1.54, 1.807) is 0 Å². The summed E-state index contributed by atoms with van der Waals surface area (Å²) in [6.07, 6.45) is 0.229. The first-order chi connectivity index (χ1) is 7.93. The first-order valence-corrected chi connectivity index (χ1v) is 4.48. The maximum absolute atomic E-state index is 11.2. The number of benzene rings is 1. The molecule has 0 unspecified atom stereocenters. The van der Waals surface area contributed by atoms with Gasteiger partial charge in [-0.05, 0) is 13.0 Å². The molecule has 1 aromatic rings. The van der Waals surface area contributed by atoms with Crippen molar-refractivity contribution in [1.29, 1.82) is 0 Å². The third-order valence-electron chi connectivity index (χ3n) is 2.15. The minimum atomic E-state index is -0.855. The molecule has 0 heterocycles. The van der Waals surface area contributed by atoms with Crippen molar-refractivity contribution in [1.82, 2.24) is 0 Å². The number of carbonyl (C=O) groups excluding carboxylic acids is 2. The van der Waals surface area contributed by atoms with E-state index >= 15 is 0 Å². The summed E-state index contributed by atoms with van der Waals surface area (Å²) in [5.41, 5.74) is -1.19. The third-order valence-corrected chi connectivity index (χ3v) is 2.15. The molecular formula is C10H9NO6. The van der Waals surface area contributed by atoms with Gasteiger partial charge in [-0.2, -0.15) is 0 Å². The maximum Gasteiger partial charge on any atom is 0.325 e. The van der Waals surface area contributed by atoms with Crippen molar-refractivity contribution in [2.24, 2.45) is 0 Å². The normalized spacial score (nSPS) is 9.76. The average molecular weight is 239 g/mol. The predicted octanol–water partition coefficient (Wildman–Crippen LogP) is 1.32. The molecule has 0 aliphatic rings. The molecule has 0 aliphatic heterocycles. The molecule has 0 amide bonds. The topological polar surface area (TPSA) is 107 Å². The molecule has 0 saturated carbocycles. The first-order valence-electron chi connectivity index (χ1n) is 4.48. The number of ether oxygens (including phenoxy) is 1. The Morgan fingerprint density at radius 3 is 2.53 bits per heavy atom. The number of nitro groups is 1. The molecule has 0 spiro atoms. The number of phenols is 1. The highest BCUT2D eigenvalue weighted by Gasteiger charge is 2.28. The minimum Gasteiger partial charge on any atom is -0.504 e. The van der Waals surface area contributed by atoms with Crippen molar-refractivity contribution >= 4 is 17.8 Å². The molecule has 0 atom stereocenters. The third kappa shape index (κ3) is 2.07. The molecule has 0 bridgehead atoms. The van der Waals surface area contributed by atoms with E-state index in [9.17, 15) is 24.8 Å². The van der Waals surface area contributed by atoms with Gasteiger partial charge in [0.1, 0.15) is 0 Å². The fourth-order valence-corrected chi connectivity index (χ4v) is 1.40. The molecule has 0 aliphatic carbocycles. The van der Waals surface area contributed by atoms with Gasteiger partial charge in [-0.1, -0.05) is 0 Å². The minimum absolute atomic E-state index is 0.199. The van der Waals surface area contributed by atoms with Crippen LogP contribution in [0.4, 0.5) is 5.69 Å². The van der Waals surface area contributed by atoms with Gasteiger partial charge in [0.25, 0.3) is 0 Å². The van der Waals surface area contributed by atoms with E-state index in [0.29, 0.717) is 0 Å². The van der Waals surface area contributed by atoms with Crippen LogP contribution in [0, 0.1) is 10.1 Å². The zero-order valence-electron chi connectivity index (χ0n) is 9.09. The lowest BCUT2D eigenvalue weighted by Crippen LogP contribution is -2.03. The number of phenolic OH excluding ortho intramolecular Hbond substituents is 1. The zero-order valence-corrected chi connectivity index (χ0v) is 9.09. The van der Waals surface area contributed by atoms with Gasteiger partial charge in [0.05, 0.1) is 23.2 Å². The van der Waals surface area contributed by atoms with Gasteiger partial charge in [-0.15, -0.1) is 0 Å². The van der Waals surface area contributed by atoms with E-state index in [1.807, 2.05) is 0 Å². The molecule has 90 valence electrons. The number of hydrogen-bond donors (Lipinski definition) is 1. The summed E-state index contributed by atoms with van der Waals surface area (Å²) in [5, 5.41) is 20.4. The van der Waals surface area contributed by atoms with Crippen molar-refractivity contribution in [2.75, 3.05) is 7.11 Å². The number of ketones is 1.